The Hall–Kier alpha value is -1.63. The van der Waals surface area contributed by atoms with Crippen LogP contribution in [0.15, 0.2) is 27.5 Å². The highest BCUT2D eigenvalue weighted by molar-refractivity contribution is 5.25. The molecule has 0 aliphatic carbocycles. The van der Waals surface area contributed by atoms with Crippen molar-refractivity contribution >= 4 is 0 Å². The van der Waals surface area contributed by atoms with Crippen LogP contribution in [0, 0.1) is 0 Å². The molecule has 1 fully saturated rings. The van der Waals surface area contributed by atoms with Gasteiger partial charge >= 0.3 is 0 Å². The van der Waals surface area contributed by atoms with Crippen LogP contribution in [-0.4, -0.2) is 47.8 Å². The summed E-state index contributed by atoms with van der Waals surface area (Å²) < 4.78 is 16.1. The van der Waals surface area contributed by atoms with Crippen molar-refractivity contribution in [2.24, 2.45) is 0 Å². The summed E-state index contributed by atoms with van der Waals surface area (Å²) in [6.07, 6.45) is 4.48. The smallest absolute Gasteiger partial charge is 0.142 e. The van der Waals surface area contributed by atoms with E-state index in [-0.39, 0.29) is 0 Å². The van der Waals surface area contributed by atoms with E-state index in [1.165, 1.54) is 11.1 Å². The summed E-state index contributed by atoms with van der Waals surface area (Å²) in [5.74, 6) is 1.06. The van der Waals surface area contributed by atoms with Crippen LogP contribution in [0.4, 0.5) is 0 Å². The predicted molar refractivity (Wildman–Crippen MR) is 79.1 cm³/mol. The van der Waals surface area contributed by atoms with Crippen molar-refractivity contribution in [3.8, 4) is 0 Å². The van der Waals surface area contributed by atoms with Gasteiger partial charge in [0.2, 0.25) is 0 Å². The molecule has 2 aliphatic heterocycles. The van der Waals surface area contributed by atoms with Gasteiger partial charge in [0.15, 0.2) is 0 Å². The van der Waals surface area contributed by atoms with Gasteiger partial charge in [-0.15, -0.1) is 0 Å². The number of furan rings is 1. The standard InChI is InChI=1S/C16H21N3O3/c1-3-19(9-13-2-6-21-12-13)10-14-15(17-22-16(1)14)11-18-4-7-20-8-5-18/h2,6,12H,1,3-5,7-11H2. The molecular formula is C16H21N3O3. The molecule has 2 aromatic rings. The summed E-state index contributed by atoms with van der Waals surface area (Å²) in [5, 5.41) is 4.32. The normalized spacial score (nSPS) is 20.2. The average Bonchev–Trinajstić information content (AvgIpc) is 3.19. The minimum atomic E-state index is 0.812. The minimum absolute atomic E-state index is 0.812. The number of hydrogen-bond acceptors (Lipinski definition) is 6. The number of morpholine rings is 1. The highest BCUT2D eigenvalue weighted by Crippen LogP contribution is 2.25. The van der Waals surface area contributed by atoms with E-state index in [0.29, 0.717) is 0 Å². The molecule has 2 aliphatic rings. The fraction of sp³-hybridized carbons (Fsp3) is 0.562. The first-order chi connectivity index (χ1) is 10.9. The summed E-state index contributed by atoms with van der Waals surface area (Å²) in [6, 6.07) is 2.03. The third-order valence-corrected chi connectivity index (χ3v) is 4.45. The van der Waals surface area contributed by atoms with Crippen molar-refractivity contribution < 1.29 is 13.7 Å². The molecule has 4 heterocycles. The highest BCUT2D eigenvalue weighted by Gasteiger charge is 2.25. The SMILES string of the molecule is c1cc(CN2CCc3onc(CN4CCOCC4)c3C2)co1. The first-order valence-electron chi connectivity index (χ1n) is 7.88. The average molecular weight is 303 g/mol. The molecule has 118 valence electrons. The maximum absolute atomic E-state index is 5.56. The second kappa shape index (κ2) is 6.24. The largest absolute Gasteiger partial charge is 0.472 e. The molecule has 0 saturated carbocycles. The maximum Gasteiger partial charge on any atom is 0.142 e. The topological polar surface area (TPSA) is 54.9 Å². The third-order valence-electron chi connectivity index (χ3n) is 4.45. The van der Waals surface area contributed by atoms with Crippen LogP contribution in [-0.2, 0) is 30.8 Å². The molecule has 2 aromatic heterocycles. The van der Waals surface area contributed by atoms with Gasteiger partial charge in [0.25, 0.3) is 0 Å². The highest BCUT2D eigenvalue weighted by atomic mass is 16.5. The Morgan fingerprint density at radius 3 is 2.82 bits per heavy atom. The summed E-state index contributed by atoms with van der Waals surface area (Å²) in [6.45, 7) is 7.26. The second-order valence-corrected chi connectivity index (χ2v) is 6.01. The Kier molecular flexibility index (Phi) is 3.97. The molecule has 0 amide bonds. The molecule has 0 spiro atoms. The quantitative estimate of drug-likeness (QED) is 0.856. The predicted octanol–water partition coefficient (Wildman–Crippen LogP) is 1.66. The first-order valence-corrected chi connectivity index (χ1v) is 7.88. The van der Waals surface area contributed by atoms with Gasteiger partial charge in [-0.1, -0.05) is 5.16 Å². The van der Waals surface area contributed by atoms with E-state index in [2.05, 4.69) is 15.0 Å². The van der Waals surface area contributed by atoms with Crippen LogP contribution in [0.2, 0.25) is 0 Å². The van der Waals surface area contributed by atoms with Crippen molar-refractivity contribution in [1.82, 2.24) is 15.0 Å². The second-order valence-electron chi connectivity index (χ2n) is 6.01. The fourth-order valence-electron chi connectivity index (χ4n) is 3.19. The van der Waals surface area contributed by atoms with E-state index in [4.69, 9.17) is 13.7 Å². The van der Waals surface area contributed by atoms with Gasteiger partial charge in [-0.05, 0) is 6.07 Å². The summed E-state index contributed by atoms with van der Waals surface area (Å²) in [7, 11) is 0. The van der Waals surface area contributed by atoms with Crippen molar-refractivity contribution in [1.29, 1.82) is 0 Å². The molecule has 1 saturated heterocycles. The van der Waals surface area contributed by atoms with Crippen molar-refractivity contribution in [2.45, 2.75) is 26.1 Å². The van der Waals surface area contributed by atoms with Crippen LogP contribution in [0.1, 0.15) is 22.6 Å². The Bertz CT molecular complexity index is 602. The van der Waals surface area contributed by atoms with Gasteiger partial charge in [-0.2, -0.15) is 0 Å². The zero-order valence-corrected chi connectivity index (χ0v) is 12.7. The van der Waals surface area contributed by atoms with Gasteiger partial charge in [-0.3, -0.25) is 9.80 Å². The van der Waals surface area contributed by atoms with Crippen molar-refractivity contribution in [2.75, 3.05) is 32.8 Å². The van der Waals surface area contributed by atoms with E-state index < -0.39 is 0 Å². The number of ether oxygens (including phenoxy) is 1. The fourth-order valence-corrected chi connectivity index (χ4v) is 3.19. The van der Waals surface area contributed by atoms with Crippen molar-refractivity contribution in [3.63, 3.8) is 0 Å². The first kappa shape index (κ1) is 14.0. The Morgan fingerprint density at radius 1 is 1.09 bits per heavy atom. The lowest BCUT2D eigenvalue weighted by molar-refractivity contribution is 0.0331. The molecule has 22 heavy (non-hydrogen) atoms. The Morgan fingerprint density at radius 2 is 2.00 bits per heavy atom. The summed E-state index contributed by atoms with van der Waals surface area (Å²) in [4.78, 5) is 4.81. The van der Waals surface area contributed by atoms with E-state index in [1.54, 1.807) is 6.26 Å². The minimum Gasteiger partial charge on any atom is -0.472 e. The number of nitrogens with zero attached hydrogens (tertiary/aromatic N) is 3. The monoisotopic (exact) mass is 303 g/mol. The number of hydrogen-bond donors (Lipinski definition) is 0. The molecule has 0 radical (unpaired) electrons. The molecular weight excluding hydrogens is 282 g/mol. The van der Waals surface area contributed by atoms with Gasteiger partial charge in [0.05, 0.1) is 25.7 Å². The molecule has 0 atom stereocenters. The lowest BCUT2D eigenvalue weighted by Gasteiger charge is -2.28. The molecule has 6 nitrogen and oxygen atoms in total. The molecule has 4 rings (SSSR count). The Balaban J connectivity index is 1.44. The van der Waals surface area contributed by atoms with Gasteiger partial charge in [0.1, 0.15) is 11.5 Å². The Labute approximate surface area is 129 Å². The van der Waals surface area contributed by atoms with Gasteiger partial charge in [0, 0.05) is 56.8 Å². The van der Waals surface area contributed by atoms with Crippen LogP contribution in [0.3, 0.4) is 0 Å². The molecule has 0 unspecified atom stereocenters. The lowest BCUT2D eigenvalue weighted by atomic mass is 10.1. The van der Waals surface area contributed by atoms with Crippen molar-refractivity contribution in [3.05, 3.63) is 41.2 Å². The van der Waals surface area contributed by atoms with Crippen LogP contribution < -0.4 is 0 Å². The zero-order chi connectivity index (χ0) is 14.8. The summed E-state index contributed by atoms with van der Waals surface area (Å²) >= 11 is 0. The van der Waals surface area contributed by atoms with E-state index in [9.17, 15) is 0 Å². The molecule has 0 bridgehead atoms. The number of rotatable bonds is 4. The molecule has 6 heteroatoms. The van der Waals surface area contributed by atoms with E-state index in [1.807, 2.05) is 12.3 Å². The van der Waals surface area contributed by atoms with Crippen LogP contribution >= 0.6 is 0 Å². The molecule has 0 aromatic carbocycles. The zero-order valence-electron chi connectivity index (χ0n) is 12.7. The lowest BCUT2D eigenvalue weighted by Crippen LogP contribution is -2.36. The van der Waals surface area contributed by atoms with Crippen LogP contribution in [0.25, 0.3) is 0 Å². The van der Waals surface area contributed by atoms with Crippen LogP contribution in [0.5, 0.6) is 0 Å². The van der Waals surface area contributed by atoms with E-state index >= 15 is 0 Å². The molecule has 0 N–H and O–H groups in total. The maximum atomic E-state index is 5.56. The van der Waals surface area contributed by atoms with Gasteiger partial charge < -0.3 is 13.7 Å². The number of aromatic nitrogens is 1. The summed E-state index contributed by atoms with van der Waals surface area (Å²) in [5.41, 5.74) is 3.59. The van der Waals surface area contributed by atoms with Gasteiger partial charge in [-0.25, -0.2) is 0 Å². The van der Waals surface area contributed by atoms with E-state index in [0.717, 1.165) is 70.4 Å². The number of fused-ring (bicyclic) bond motifs is 1. The third kappa shape index (κ3) is 2.95.